The van der Waals surface area contributed by atoms with Gasteiger partial charge in [-0.1, -0.05) is 0 Å². The molecule has 0 unspecified atom stereocenters. The molecule has 0 atom stereocenters. The van der Waals surface area contributed by atoms with Crippen LogP contribution in [0.2, 0.25) is 0 Å². The van der Waals surface area contributed by atoms with Crippen molar-refractivity contribution in [1.82, 2.24) is 15.0 Å². The third-order valence-electron chi connectivity index (χ3n) is 0.400. The van der Waals surface area contributed by atoms with Gasteiger partial charge in [0.1, 0.15) is 19.0 Å². The minimum absolute atomic E-state index is 0. The van der Waals surface area contributed by atoms with Gasteiger partial charge in [0.15, 0.2) is 0 Å². The van der Waals surface area contributed by atoms with E-state index in [4.69, 9.17) is 19.2 Å². The number of phosphoric acid groups is 1. The standard InChI is InChI=1S/C3H3N3.3Li.H3O4P/c1-4-2-6-3-5-1;;;;1-5(2,3)4/h1-3H;;;;(H3,1,2,3,4)/q;3*+1;/p-3. The quantitative estimate of drug-likeness (QED) is 0.298. The summed E-state index contributed by atoms with van der Waals surface area (Å²) in [5, 5.41) is 0. The summed E-state index contributed by atoms with van der Waals surface area (Å²) in [6.45, 7) is 0. The van der Waals surface area contributed by atoms with Crippen molar-refractivity contribution in [1.29, 1.82) is 0 Å². The summed E-state index contributed by atoms with van der Waals surface area (Å²) in [6, 6.07) is 0. The first-order valence-corrected chi connectivity index (χ1v) is 3.74. The predicted molar refractivity (Wildman–Crippen MR) is 27.4 cm³/mol. The molecule has 0 aliphatic carbocycles. The normalized spacial score (nSPS) is 7.64. The van der Waals surface area contributed by atoms with Gasteiger partial charge in [-0.3, -0.25) is 0 Å². The first kappa shape index (κ1) is 24.2. The van der Waals surface area contributed by atoms with Crippen molar-refractivity contribution >= 4 is 7.82 Å². The predicted octanol–water partition coefficient (Wildman–Crippen LogP) is -11.9. The molecular weight excluding hydrogens is 194 g/mol. The molecule has 0 fully saturated rings. The number of rotatable bonds is 0. The van der Waals surface area contributed by atoms with E-state index in [1.165, 1.54) is 19.0 Å². The topological polar surface area (TPSA) is 125 Å². The fourth-order valence-electron chi connectivity index (χ4n) is 0.205. The molecule has 0 saturated heterocycles. The Morgan fingerprint density at radius 3 is 1.00 bits per heavy atom. The average Bonchev–Trinajstić information content (AvgIpc) is 1.88. The second-order valence-electron chi connectivity index (χ2n) is 1.24. The summed E-state index contributed by atoms with van der Waals surface area (Å²) in [7, 11) is -5.39. The third-order valence-corrected chi connectivity index (χ3v) is 0.400. The maximum Gasteiger partial charge on any atom is 1.00 e. The van der Waals surface area contributed by atoms with Gasteiger partial charge in [0.25, 0.3) is 0 Å². The Labute approximate surface area is 117 Å². The summed E-state index contributed by atoms with van der Waals surface area (Å²) in [5.74, 6) is 0. The molecule has 0 bridgehead atoms. The summed E-state index contributed by atoms with van der Waals surface area (Å²) in [5.41, 5.74) is 0. The summed E-state index contributed by atoms with van der Waals surface area (Å²) >= 11 is 0. The summed E-state index contributed by atoms with van der Waals surface area (Å²) in [4.78, 5) is 36.3. The summed E-state index contributed by atoms with van der Waals surface area (Å²) in [6.07, 6.45) is 4.31. The molecule has 0 aliphatic rings. The van der Waals surface area contributed by atoms with Gasteiger partial charge in [-0.15, -0.1) is 0 Å². The van der Waals surface area contributed by atoms with Gasteiger partial charge in [-0.2, -0.15) is 7.82 Å². The van der Waals surface area contributed by atoms with Gasteiger partial charge in [0, 0.05) is 0 Å². The van der Waals surface area contributed by atoms with Gasteiger partial charge >= 0.3 is 56.6 Å². The van der Waals surface area contributed by atoms with Crippen LogP contribution in [0.4, 0.5) is 0 Å². The van der Waals surface area contributed by atoms with Crippen LogP contribution in [0.25, 0.3) is 0 Å². The molecule has 62 valence electrons. The molecule has 0 spiro atoms. The maximum atomic E-state index is 8.55. The Bertz CT molecular complexity index is 199. The van der Waals surface area contributed by atoms with Crippen molar-refractivity contribution in [3.05, 3.63) is 19.0 Å². The molecule has 0 radical (unpaired) electrons. The van der Waals surface area contributed by atoms with Crippen molar-refractivity contribution < 1.29 is 75.8 Å². The molecule has 7 nitrogen and oxygen atoms in total. The molecule has 1 aromatic heterocycles. The van der Waals surface area contributed by atoms with Crippen molar-refractivity contribution in [3.63, 3.8) is 0 Å². The van der Waals surface area contributed by atoms with E-state index < -0.39 is 7.82 Å². The van der Waals surface area contributed by atoms with E-state index in [2.05, 4.69) is 15.0 Å². The number of aromatic nitrogens is 3. The van der Waals surface area contributed by atoms with Crippen LogP contribution in [0, 0.1) is 0 Å². The molecule has 0 N–H and O–H groups in total. The third kappa shape index (κ3) is 38.3. The SMILES string of the molecule is O=P([O-])([O-])[O-].[Li+].[Li+].[Li+].c1ncncn1. The zero-order chi connectivity index (χ0) is 8.74. The first-order valence-electron chi connectivity index (χ1n) is 2.28. The molecule has 0 aliphatic heterocycles. The number of hydrogen-bond donors (Lipinski definition) is 0. The fourth-order valence-corrected chi connectivity index (χ4v) is 0.205. The fraction of sp³-hybridized carbons (Fsp3) is 0. The smallest absolute Gasteiger partial charge is 0.822 e. The Balaban J connectivity index is -0.0000000597. The second-order valence-corrected chi connectivity index (χ2v) is 2.14. The molecule has 0 aromatic carbocycles. The van der Waals surface area contributed by atoms with E-state index >= 15 is 0 Å². The van der Waals surface area contributed by atoms with Crippen molar-refractivity contribution in [2.75, 3.05) is 0 Å². The van der Waals surface area contributed by atoms with Gasteiger partial charge in [0.05, 0.1) is 0 Å². The zero-order valence-corrected chi connectivity index (χ0v) is 9.05. The number of hydrogen-bond acceptors (Lipinski definition) is 7. The van der Waals surface area contributed by atoms with Crippen LogP contribution in [0.1, 0.15) is 0 Å². The Morgan fingerprint density at radius 1 is 0.786 bits per heavy atom. The minimum Gasteiger partial charge on any atom is -0.822 e. The van der Waals surface area contributed by atoms with E-state index in [1.54, 1.807) is 0 Å². The van der Waals surface area contributed by atoms with E-state index in [9.17, 15) is 0 Å². The van der Waals surface area contributed by atoms with Crippen LogP contribution >= 0.6 is 7.82 Å². The van der Waals surface area contributed by atoms with E-state index in [-0.39, 0.29) is 56.6 Å². The second kappa shape index (κ2) is 13.9. The molecule has 1 aromatic rings. The molecule has 1 rings (SSSR count). The minimum atomic E-state index is -5.39. The zero-order valence-electron chi connectivity index (χ0n) is 8.15. The first-order chi connectivity index (χ1) is 5.00. The average molecular weight is 197 g/mol. The van der Waals surface area contributed by atoms with E-state index in [1.807, 2.05) is 0 Å². The largest absolute Gasteiger partial charge is 1.00 e. The molecule has 0 saturated carbocycles. The van der Waals surface area contributed by atoms with Crippen LogP contribution in [0.3, 0.4) is 0 Å². The van der Waals surface area contributed by atoms with Gasteiger partial charge in [-0.25, -0.2) is 15.0 Å². The molecular formula is C3H3Li3N3O4P. The number of nitrogens with zero attached hydrogens (tertiary/aromatic N) is 3. The van der Waals surface area contributed by atoms with Crippen molar-refractivity contribution in [2.45, 2.75) is 0 Å². The molecule has 14 heavy (non-hydrogen) atoms. The Morgan fingerprint density at radius 2 is 0.929 bits per heavy atom. The van der Waals surface area contributed by atoms with Crippen LogP contribution in [0.15, 0.2) is 19.0 Å². The van der Waals surface area contributed by atoms with Crippen molar-refractivity contribution in [3.8, 4) is 0 Å². The molecule has 0 amide bonds. The van der Waals surface area contributed by atoms with Gasteiger partial charge in [0.2, 0.25) is 0 Å². The Hall–Kier alpha value is 0.912. The van der Waals surface area contributed by atoms with Crippen LogP contribution in [0.5, 0.6) is 0 Å². The monoisotopic (exact) mass is 197 g/mol. The molecule has 11 heteroatoms. The van der Waals surface area contributed by atoms with Crippen LogP contribution < -0.4 is 71.3 Å². The van der Waals surface area contributed by atoms with Gasteiger partial charge < -0.3 is 19.2 Å². The van der Waals surface area contributed by atoms with Crippen LogP contribution in [-0.4, -0.2) is 15.0 Å². The van der Waals surface area contributed by atoms with Gasteiger partial charge in [-0.05, 0) is 0 Å². The van der Waals surface area contributed by atoms with E-state index in [0.717, 1.165) is 0 Å². The Kier molecular flexibility index (Phi) is 24.1. The molecule has 1 heterocycles. The summed E-state index contributed by atoms with van der Waals surface area (Å²) < 4.78 is 8.55. The van der Waals surface area contributed by atoms with Crippen LogP contribution in [-0.2, 0) is 4.57 Å². The maximum absolute atomic E-state index is 8.55. The van der Waals surface area contributed by atoms with E-state index in [0.29, 0.717) is 0 Å². The van der Waals surface area contributed by atoms with Crippen molar-refractivity contribution in [2.24, 2.45) is 0 Å².